The van der Waals surface area contributed by atoms with Crippen LogP contribution in [0.1, 0.15) is 12.8 Å². The molecule has 1 nitrogen and oxygen atoms in total. The van der Waals surface area contributed by atoms with E-state index in [0.29, 0.717) is 0 Å². The SMILES string of the molecule is C1=C[C@H]2CNC[C@H]2CC1.Cl. The minimum absolute atomic E-state index is 0. The van der Waals surface area contributed by atoms with Crippen LogP contribution in [0.5, 0.6) is 0 Å². The zero-order valence-electron chi connectivity index (χ0n) is 6.05. The molecule has 0 radical (unpaired) electrons. The molecule has 0 spiro atoms. The predicted octanol–water partition coefficient (Wildman–Crippen LogP) is 1.59. The van der Waals surface area contributed by atoms with Gasteiger partial charge in [0.15, 0.2) is 0 Å². The third kappa shape index (κ3) is 1.35. The number of rotatable bonds is 0. The second-order valence-electron chi connectivity index (χ2n) is 3.09. The summed E-state index contributed by atoms with van der Waals surface area (Å²) in [6.07, 6.45) is 7.43. The molecule has 58 valence electrons. The van der Waals surface area contributed by atoms with Crippen molar-refractivity contribution in [3.05, 3.63) is 12.2 Å². The van der Waals surface area contributed by atoms with Gasteiger partial charge >= 0.3 is 0 Å². The van der Waals surface area contributed by atoms with Crippen molar-refractivity contribution >= 4 is 12.4 Å². The van der Waals surface area contributed by atoms with E-state index in [2.05, 4.69) is 17.5 Å². The van der Waals surface area contributed by atoms with Gasteiger partial charge in [-0.2, -0.15) is 0 Å². The number of fused-ring (bicyclic) bond motifs is 1. The van der Waals surface area contributed by atoms with E-state index in [1.807, 2.05) is 0 Å². The Labute approximate surface area is 68.3 Å². The van der Waals surface area contributed by atoms with Gasteiger partial charge in [-0.15, -0.1) is 12.4 Å². The monoisotopic (exact) mass is 159 g/mol. The fourth-order valence-electron chi connectivity index (χ4n) is 1.88. The molecule has 2 atom stereocenters. The van der Waals surface area contributed by atoms with E-state index >= 15 is 0 Å². The first-order valence-corrected chi connectivity index (χ1v) is 3.84. The summed E-state index contributed by atoms with van der Waals surface area (Å²) in [5, 5.41) is 3.41. The Kier molecular flexibility index (Phi) is 2.75. The summed E-state index contributed by atoms with van der Waals surface area (Å²) >= 11 is 0. The summed E-state index contributed by atoms with van der Waals surface area (Å²) < 4.78 is 0. The summed E-state index contributed by atoms with van der Waals surface area (Å²) in [6.45, 7) is 2.48. The molecular weight excluding hydrogens is 146 g/mol. The second kappa shape index (κ2) is 3.40. The highest BCUT2D eigenvalue weighted by Crippen LogP contribution is 2.26. The summed E-state index contributed by atoms with van der Waals surface area (Å²) in [4.78, 5) is 0. The third-order valence-corrected chi connectivity index (χ3v) is 2.48. The third-order valence-electron chi connectivity index (χ3n) is 2.48. The van der Waals surface area contributed by atoms with Crippen LogP contribution in [-0.2, 0) is 0 Å². The zero-order chi connectivity index (χ0) is 6.10. The van der Waals surface area contributed by atoms with Crippen LogP contribution >= 0.6 is 12.4 Å². The van der Waals surface area contributed by atoms with Crippen LogP contribution in [0, 0.1) is 11.8 Å². The van der Waals surface area contributed by atoms with Gasteiger partial charge in [0.05, 0.1) is 0 Å². The molecule has 0 unspecified atom stereocenters. The molecule has 0 saturated carbocycles. The summed E-state index contributed by atoms with van der Waals surface area (Å²) in [7, 11) is 0. The minimum atomic E-state index is 0. The van der Waals surface area contributed by atoms with Gasteiger partial charge in [0.25, 0.3) is 0 Å². The van der Waals surface area contributed by atoms with Crippen LogP contribution in [0.15, 0.2) is 12.2 Å². The van der Waals surface area contributed by atoms with Crippen LogP contribution in [0.3, 0.4) is 0 Å². The van der Waals surface area contributed by atoms with Crippen molar-refractivity contribution in [3.8, 4) is 0 Å². The molecule has 1 heterocycles. The van der Waals surface area contributed by atoms with E-state index in [1.54, 1.807) is 0 Å². The zero-order valence-corrected chi connectivity index (χ0v) is 6.86. The normalized spacial score (nSPS) is 36.8. The van der Waals surface area contributed by atoms with Gasteiger partial charge in [0.2, 0.25) is 0 Å². The van der Waals surface area contributed by atoms with Crippen molar-refractivity contribution < 1.29 is 0 Å². The Morgan fingerprint density at radius 2 is 2.20 bits per heavy atom. The van der Waals surface area contributed by atoms with Crippen LogP contribution < -0.4 is 5.32 Å². The first kappa shape index (κ1) is 8.09. The molecule has 1 N–H and O–H groups in total. The number of hydrogen-bond donors (Lipinski definition) is 1. The number of halogens is 1. The van der Waals surface area contributed by atoms with Gasteiger partial charge in [-0.1, -0.05) is 12.2 Å². The highest BCUT2D eigenvalue weighted by Gasteiger charge is 2.25. The lowest BCUT2D eigenvalue weighted by Gasteiger charge is -2.17. The Bertz CT molecular complexity index is 133. The van der Waals surface area contributed by atoms with Crippen molar-refractivity contribution in [2.24, 2.45) is 11.8 Å². The second-order valence-corrected chi connectivity index (χ2v) is 3.09. The average Bonchev–Trinajstić information content (AvgIpc) is 2.33. The molecule has 0 amide bonds. The molecule has 1 saturated heterocycles. The molecule has 2 rings (SSSR count). The van der Waals surface area contributed by atoms with Crippen LogP contribution in [0.25, 0.3) is 0 Å². The van der Waals surface area contributed by atoms with Crippen LogP contribution in [0.4, 0.5) is 0 Å². The highest BCUT2D eigenvalue weighted by atomic mass is 35.5. The first-order chi connectivity index (χ1) is 4.47. The fraction of sp³-hybridized carbons (Fsp3) is 0.750. The summed E-state index contributed by atoms with van der Waals surface area (Å²) in [5.74, 6) is 1.84. The van der Waals surface area contributed by atoms with E-state index in [-0.39, 0.29) is 12.4 Å². The summed E-state index contributed by atoms with van der Waals surface area (Å²) in [5.41, 5.74) is 0. The van der Waals surface area contributed by atoms with Crippen molar-refractivity contribution in [1.82, 2.24) is 5.32 Å². The predicted molar refractivity (Wildman–Crippen MR) is 45.5 cm³/mol. The van der Waals surface area contributed by atoms with Crippen molar-refractivity contribution in [2.45, 2.75) is 12.8 Å². The lowest BCUT2D eigenvalue weighted by atomic mass is 9.87. The van der Waals surface area contributed by atoms with E-state index in [9.17, 15) is 0 Å². The molecule has 0 bridgehead atoms. The Morgan fingerprint density at radius 3 is 3.00 bits per heavy atom. The Balaban J connectivity index is 0.000000500. The summed E-state index contributed by atoms with van der Waals surface area (Å²) in [6, 6.07) is 0. The average molecular weight is 160 g/mol. The molecule has 0 aromatic rings. The van der Waals surface area contributed by atoms with Crippen LogP contribution in [0.2, 0.25) is 0 Å². The van der Waals surface area contributed by atoms with Gasteiger partial charge < -0.3 is 5.32 Å². The van der Waals surface area contributed by atoms with Gasteiger partial charge in [-0.25, -0.2) is 0 Å². The maximum Gasteiger partial charge on any atom is 0.00174 e. The number of hydrogen-bond acceptors (Lipinski definition) is 1. The maximum absolute atomic E-state index is 3.41. The van der Waals surface area contributed by atoms with Crippen molar-refractivity contribution in [2.75, 3.05) is 13.1 Å². The van der Waals surface area contributed by atoms with Gasteiger partial charge in [-0.05, 0) is 31.2 Å². The number of allylic oxidation sites excluding steroid dienone is 1. The quantitative estimate of drug-likeness (QED) is 0.530. The van der Waals surface area contributed by atoms with E-state index < -0.39 is 0 Å². The topological polar surface area (TPSA) is 12.0 Å². The van der Waals surface area contributed by atoms with E-state index in [4.69, 9.17) is 0 Å². The van der Waals surface area contributed by atoms with Crippen molar-refractivity contribution in [3.63, 3.8) is 0 Å². The molecule has 1 fully saturated rings. The molecule has 0 aromatic carbocycles. The Hall–Kier alpha value is -0.0100. The van der Waals surface area contributed by atoms with Gasteiger partial charge in [0, 0.05) is 6.54 Å². The van der Waals surface area contributed by atoms with Gasteiger partial charge in [-0.3, -0.25) is 0 Å². The molecule has 2 aliphatic rings. The Morgan fingerprint density at radius 1 is 1.30 bits per heavy atom. The standard InChI is InChI=1S/C8H13N.ClH/c1-2-4-8-6-9-5-7(8)3-1;/h1,3,7-9H,2,4-6H2;1H/t7-,8+;/m0./s1. The number of nitrogens with one attached hydrogen (secondary N) is 1. The van der Waals surface area contributed by atoms with Crippen molar-refractivity contribution in [1.29, 1.82) is 0 Å². The van der Waals surface area contributed by atoms with E-state index in [0.717, 1.165) is 11.8 Å². The first-order valence-electron chi connectivity index (χ1n) is 3.84. The maximum atomic E-state index is 3.41. The molecule has 1 aliphatic carbocycles. The molecule has 2 heteroatoms. The lowest BCUT2D eigenvalue weighted by molar-refractivity contribution is 0.442. The molecule has 10 heavy (non-hydrogen) atoms. The van der Waals surface area contributed by atoms with Crippen LogP contribution in [-0.4, -0.2) is 13.1 Å². The lowest BCUT2D eigenvalue weighted by Crippen LogP contribution is -2.12. The highest BCUT2D eigenvalue weighted by molar-refractivity contribution is 5.85. The van der Waals surface area contributed by atoms with Gasteiger partial charge in [0.1, 0.15) is 0 Å². The fourth-order valence-corrected chi connectivity index (χ4v) is 1.88. The van der Waals surface area contributed by atoms with E-state index in [1.165, 1.54) is 25.9 Å². The largest absolute Gasteiger partial charge is 0.316 e. The minimum Gasteiger partial charge on any atom is -0.316 e. The molecule has 1 aliphatic heterocycles. The molecule has 0 aromatic heterocycles. The molecular formula is C8H14ClN. The smallest absolute Gasteiger partial charge is 0.00174 e.